The van der Waals surface area contributed by atoms with Gasteiger partial charge in [0.05, 0.1) is 0 Å². The van der Waals surface area contributed by atoms with Crippen LogP contribution >= 0.6 is 24.0 Å². The van der Waals surface area contributed by atoms with E-state index >= 15 is 0 Å². The van der Waals surface area contributed by atoms with Crippen LogP contribution in [-0.4, -0.2) is 33.0 Å². The Morgan fingerprint density at radius 3 is 2.68 bits per heavy atom. The molecular weight excluding hydrogens is 395 g/mol. The highest BCUT2D eigenvalue weighted by Crippen LogP contribution is 2.18. The molecule has 0 spiro atoms. The van der Waals surface area contributed by atoms with E-state index < -0.39 is 0 Å². The van der Waals surface area contributed by atoms with Crippen LogP contribution in [-0.2, 0) is 17.1 Å². The third kappa shape index (κ3) is 5.77. The summed E-state index contributed by atoms with van der Waals surface area (Å²) in [5.74, 6) is 2.03. The van der Waals surface area contributed by atoms with Gasteiger partial charge in [0.25, 0.3) is 0 Å². The lowest BCUT2D eigenvalue weighted by Crippen LogP contribution is -2.26. The first-order valence-corrected chi connectivity index (χ1v) is 10.5. The van der Waals surface area contributed by atoms with Gasteiger partial charge in [-0.05, 0) is 42.0 Å². The van der Waals surface area contributed by atoms with E-state index in [-0.39, 0.29) is 11.7 Å². The average Bonchev–Trinajstić information content (AvgIpc) is 3.08. The van der Waals surface area contributed by atoms with E-state index in [0.717, 1.165) is 17.1 Å². The molecule has 0 aliphatic heterocycles. The Morgan fingerprint density at radius 2 is 1.93 bits per heavy atom. The van der Waals surface area contributed by atoms with E-state index in [1.807, 2.05) is 18.2 Å². The van der Waals surface area contributed by atoms with Gasteiger partial charge >= 0.3 is 0 Å². The van der Waals surface area contributed by atoms with Crippen molar-refractivity contribution in [2.45, 2.75) is 18.7 Å². The van der Waals surface area contributed by atoms with Crippen LogP contribution in [0.1, 0.15) is 12.0 Å². The molecule has 2 N–H and O–H groups in total. The summed E-state index contributed by atoms with van der Waals surface area (Å²) >= 11 is 7.04. The van der Waals surface area contributed by atoms with Gasteiger partial charge in [0.1, 0.15) is 5.82 Å². The van der Waals surface area contributed by atoms with Gasteiger partial charge in [-0.15, -0.1) is 0 Å². The maximum absolute atomic E-state index is 13.1. The second kappa shape index (κ2) is 10.2. The van der Waals surface area contributed by atoms with Crippen LogP contribution in [0.2, 0.25) is 0 Å². The number of hydrogen-bond donors (Lipinski definition) is 2. The van der Waals surface area contributed by atoms with E-state index in [1.165, 1.54) is 17.7 Å². The summed E-state index contributed by atoms with van der Waals surface area (Å²) in [5, 5.41) is 9.86. The van der Waals surface area contributed by atoms with E-state index in [9.17, 15) is 9.18 Å². The maximum atomic E-state index is 13.1. The summed E-state index contributed by atoms with van der Waals surface area (Å²) in [6.45, 7) is 1.03. The topological polar surface area (TPSA) is 62.7 Å². The SMILES string of the molecule is O=C(CCn1c(-c2ccc(F)cc2)n[nH]c1=S)NCCSCc1ccccc1. The third-order valence-electron chi connectivity index (χ3n) is 4.10. The van der Waals surface area contributed by atoms with E-state index in [2.05, 4.69) is 27.6 Å². The van der Waals surface area contributed by atoms with E-state index in [1.54, 1.807) is 28.5 Å². The number of H-pyrrole nitrogens is 1. The van der Waals surface area contributed by atoms with Crippen molar-refractivity contribution in [2.24, 2.45) is 0 Å². The highest BCUT2D eigenvalue weighted by atomic mass is 32.2. The Labute approximate surface area is 172 Å². The zero-order valence-corrected chi connectivity index (χ0v) is 16.9. The number of amides is 1. The third-order valence-corrected chi connectivity index (χ3v) is 5.45. The number of nitrogens with one attached hydrogen (secondary N) is 2. The molecule has 0 aliphatic rings. The summed E-state index contributed by atoms with van der Waals surface area (Å²) in [7, 11) is 0. The predicted octanol–water partition coefficient (Wildman–Crippen LogP) is 4.19. The molecule has 1 amide bonds. The number of rotatable bonds is 9. The number of hydrogen-bond acceptors (Lipinski definition) is 4. The molecule has 3 aromatic rings. The van der Waals surface area contributed by atoms with Crippen molar-refractivity contribution in [3.8, 4) is 11.4 Å². The molecule has 0 unspecified atom stereocenters. The van der Waals surface area contributed by atoms with E-state index in [4.69, 9.17) is 12.2 Å². The van der Waals surface area contributed by atoms with Crippen LogP contribution < -0.4 is 5.32 Å². The fourth-order valence-corrected chi connectivity index (χ4v) is 3.72. The highest BCUT2D eigenvalue weighted by molar-refractivity contribution is 7.98. The van der Waals surface area contributed by atoms with Crippen LogP contribution in [0.15, 0.2) is 54.6 Å². The quantitative estimate of drug-likeness (QED) is 0.406. The van der Waals surface area contributed by atoms with Gasteiger partial charge < -0.3 is 5.32 Å². The zero-order valence-electron chi connectivity index (χ0n) is 15.2. The number of aromatic amines is 1. The molecule has 3 rings (SSSR count). The molecule has 0 radical (unpaired) electrons. The molecule has 0 saturated carbocycles. The summed E-state index contributed by atoms with van der Waals surface area (Å²) in [6, 6.07) is 16.3. The minimum absolute atomic E-state index is 0.0338. The lowest BCUT2D eigenvalue weighted by molar-refractivity contribution is -0.121. The Bertz CT molecular complexity index is 954. The molecule has 2 aromatic carbocycles. The Morgan fingerprint density at radius 1 is 1.18 bits per heavy atom. The number of nitrogens with zero attached hydrogens (tertiary/aromatic N) is 2. The Hall–Kier alpha value is -2.45. The molecule has 146 valence electrons. The van der Waals surface area contributed by atoms with Crippen LogP contribution in [0.4, 0.5) is 4.39 Å². The second-order valence-corrected chi connectivity index (χ2v) is 7.64. The first-order chi connectivity index (χ1) is 13.6. The smallest absolute Gasteiger partial charge is 0.221 e. The fraction of sp³-hybridized carbons (Fsp3) is 0.250. The number of carbonyl (C=O) groups is 1. The Kier molecular flexibility index (Phi) is 7.39. The molecule has 0 saturated heterocycles. The number of halogens is 1. The molecule has 0 atom stereocenters. The molecule has 0 bridgehead atoms. The van der Waals surface area contributed by atoms with Crippen LogP contribution in [0.25, 0.3) is 11.4 Å². The van der Waals surface area contributed by atoms with Gasteiger partial charge in [-0.1, -0.05) is 30.3 Å². The average molecular weight is 417 g/mol. The number of aromatic nitrogens is 3. The molecule has 8 heteroatoms. The standard InChI is InChI=1S/C20H21FN4OS2/c21-17-8-6-16(7-9-17)19-23-24-20(27)25(19)12-10-18(26)22-11-13-28-14-15-4-2-1-3-5-15/h1-9H,10-14H2,(H,22,26)(H,24,27). The van der Waals surface area contributed by atoms with Crippen molar-refractivity contribution < 1.29 is 9.18 Å². The van der Waals surface area contributed by atoms with Crippen molar-refractivity contribution in [3.05, 3.63) is 70.7 Å². The lowest BCUT2D eigenvalue weighted by Gasteiger charge is -2.08. The van der Waals surface area contributed by atoms with Crippen molar-refractivity contribution >= 4 is 29.9 Å². The van der Waals surface area contributed by atoms with Crippen molar-refractivity contribution in [1.82, 2.24) is 20.1 Å². The summed E-state index contributed by atoms with van der Waals surface area (Å²) in [4.78, 5) is 12.1. The van der Waals surface area contributed by atoms with Gasteiger partial charge in [0.15, 0.2) is 10.6 Å². The monoisotopic (exact) mass is 416 g/mol. The number of carbonyl (C=O) groups excluding carboxylic acids is 1. The first kappa shape index (κ1) is 20.3. The lowest BCUT2D eigenvalue weighted by atomic mass is 10.2. The van der Waals surface area contributed by atoms with Crippen LogP contribution in [0, 0.1) is 10.6 Å². The van der Waals surface area contributed by atoms with Crippen molar-refractivity contribution in [1.29, 1.82) is 0 Å². The molecular formula is C20H21FN4OS2. The van der Waals surface area contributed by atoms with Crippen LogP contribution in [0.3, 0.4) is 0 Å². The second-order valence-electron chi connectivity index (χ2n) is 6.15. The molecule has 0 fully saturated rings. The van der Waals surface area contributed by atoms with Gasteiger partial charge in [0.2, 0.25) is 5.91 Å². The van der Waals surface area contributed by atoms with Crippen LogP contribution in [0.5, 0.6) is 0 Å². The number of benzene rings is 2. The zero-order chi connectivity index (χ0) is 19.8. The fourth-order valence-electron chi connectivity index (χ4n) is 2.67. The summed E-state index contributed by atoms with van der Waals surface area (Å²) in [5.41, 5.74) is 2.02. The van der Waals surface area contributed by atoms with Crippen molar-refractivity contribution in [3.63, 3.8) is 0 Å². The number of thioether (sulfide) groups is 1. The van der Waals surface area contributed by atoms with Crippen molar-refractivity contribution in [2.75, 3.05) is 12.3 Å². The predicted molar refractivity (Wildman–Crippen MR) is 113 cm³/mol. The van der Waals surface area contributed by atoms with E-state index in [0.29, 0.717) is 30.1 Å². The van der Waals surface area contributed by atoms with Gasteiger partial charge in [-0.3, -0.25) is 14.5 Å². The molecule has 1 heterocycles. The summed E-state index contributed by atoms with van der Waals surface area (Å²) < 4.78 is 15.3. The largest absolute Gasteiger partial charge is 0.355 e. The first-order valence-electron chi connectivity index (χ1n) is 8.93. The normalized spacial score (nSPS) is 10.8. The molecule has 1 aromatic heterocycles. The molecule has 28 heavy (non-hydrogen) atoms. The minimum Gasteiger partial charge on any atom is -0.355 e. The Balaban J connectivity index is 1.44. The highest BCUT2D eigenvalue weighted by Gasteiger charge is 2.10. The molecule has 5 nitrogen and oxygen atoms in total. The van der Waals surface area contributed by atoms with Gasteiger partial charge in [0, 0.05) is 36.6 Å². The van der Waals surface area contributed by atoms with Gasteiger partial charge in [-0.25, -0.2) is 4.39 Å². The maximum Gasteiger partial charge on any atom is 0.221 e. The molecule has 0 aliphatic carbocycles. The summed E-state index contributed by atoms with van der Waals surface area (Å²) in [6.07, 6.45) is 0.297. The minimum atomic E-state index is -0.311. The van der Waals surface area contributed by atoms with Gasteiger partial charge in [-0.2, -0.15) is 16.9 Å².